The zero-order valence-electron chi connectivity index (χ0n) is 18.5. The molecule has 3 N–H and O–H groups in total. The average molecular weight is 444 g/mol. The van der Waals surface area contributed by atoms with Crippen LogP contribution in [0.1, 0.15) is 34.6 Å². The molecule has 1 aromatic carbocycles. The van der Waals surface area contributed by atoms with Crippen LogP contribution >= 0.6 is 0 Å². The van der Waals surface area contributed by atoms with Crippen LogP contribution < -0.4 is 15.2 Å². The van der Waals surface area contributed by atoms with Crippen molar-refractivity contribution in [2.75, 3.05) is 26.9 Å². The van der Waals surface area contributed by atoms with Crippen LogP contribution in [-0.4, -0.2) is 56.9 Å². The topological polar surface area (TPSA) is 129 Å². The third kappa shape index (κ3) is 4.47. The van der Waals surface area contributed by atoms with E-state index in [1.54, 1.807) is 11.7 Å². The molecular formula is C21H25FN6O4. The summed E-state index contributed by atoms with van der Waals surface area (Å²) < 4.78 is 26.5. The largest absolute Gasteiger partial charge is 0.479 e. The maximum atomic E-state index is 13.6. The number of halogens is 1. The summed E-state index contributed by atoms with van der Waals surface area (Å²) in [5.74, 6) is -1.42. The van der Waals surface area contributed by atoms with Gasteiger partial charge in [-0.05, 0) is 39.2 Å². The average Bonchev–Trinajstić information content (AvgIpc) is 3.08. The minimum Gasteiger partial charge on any atom is -0.479 e. The smallest absolute Gasteiger partial charge is 0.336 e. The summed E-state index contributed by atoms with van der Waals surface area (Å²) in [6.07, 6.45) is 1.48. The van der Waals surface area contributed by atoms with Gasteiger partial charge in [0.2, 0.25) is 5.88 Å². The molecule has 0 saturated carbocycles. The van der Waals surface area contributed by atoms with Crippen molar-refractivity contribution in [1.82, 2.24) is 24.6 Å². The van der Waals surface area contributed by atoms with E-state index < -0.39 is 11.8 Å². The standard InChI is InChI=1S/C21H25FN6O4/c1-11(27(2)3)17-16(19(31-5)26-28(17)4)15-9-24-18(23)20(25-15)32-10-12-8-13(22)6-7-14(12)21(29)30/h6-9,11H,10H2,1-5H3,(H2,23,24)(H,29,30). The Hall–Kier alpha value is -3.73. The van der Waals surface area contributed by atoms with Gasteiger partial charge < -0.3 is 25.2 Å². The Morgan fingerprint density at radius 3 is 2.69 bits per heavy atom. The van der Waals surface area contributed by atoms with Gasteiger partial charge in [-0.1, -0.05) is 0 Å². The SMILES string of the molecule is COc1nn(C)c(C(C)N(C)C)c1-c1cnc(N)c(OCc2cc(F)ccc2C(=O)O)n1. The lowest BCUT2D eigenvalue weighted by atomic mass is 10.1. The highest BCUT2D eigenvalue weighted by atomic mass is 19.1. The van der Waals surface area contributed by atoms with E-state index in [1.165, 1.54) is 19.4 Å². The fourth-order valence-electron chi connectivity index (χ4n) is 3.26. The highest BCUT2D eigenvalue weighted by molar-refractivity contribution is 5.89. The van der Waals surface area contributed by atoms with Crippen LogP contribution in [0, 0.1) is 5.82 Å². The van der Waals surface area contributed by atoms with Gasteiger partial charge in [-0.15, -0.1) is 5.10 Å². The summed E-state index contributed by atoms with van der Waals surface area (Å²) >= 11 is 0. The maximum Gasteiger partial charge on any atom is 0.336 e. The number of ether oxygens (including phenoxy) is 2. The molecule has 0 bridgehead atoms. The van der Waals surface area contributed by atoms with Gasteiger partial charge in [0.05, 0.1) is 30.1 Å². The van der Waals surface area contributed by atoms with E-state index in [2.05, 4.69) is 15.1 Å². The number of aromatic carboxylic acids is 1. The zero-order valence-corrected chi connectivity index (χ0v) is 18.5. The number of aryl methyl sites for hydroxylation is 1. The molecule has 0 saturated heterocycles. The van der Waals surface area contributed by atoms with Crippen LogP contribution in [0.2, 0.25) is 0 Å². The second-order valence-electron chi connectivity index (χ2n) is 7.37. The number of carbonyl (C=O) groups is 1. The molecule has 170 valence electrons. The van der Waals surface area contributed by atoms with Crippen LogP contribution in [0.25, 0.3) is 11.3 Å². The summed E-state index contributed by atoms with van der Waals surface area (Å²) in [5.41, 5.74) is 7.89. The van der Waals surface area contributed by atoms with Gasteiger partial charge in [-0.25, -0.2) is 19.2 Å². The molecule has 0 spiro atoms. The number of nitrogens with zero attached hydrogens (tertiary/aromatic N) is 5. The van der Waals surface area contributed by atoms with Crippen molar-refractivity contribution in [3.8, 4) is 23.0 Å². The number of hydrogen-bond donors (Lipinski definition) is 2. The summed E-state index contributed by atoms with van der Waals surface area (Å²) in [7, 11) is 7.20. The quantitative estimate of drug-likeness (QED) is 0.538. The van der Waals surface area contributed by atoms with E-state index in [9.17, 15) is 14.3 Å². The lowest BCUT2D eigenvalue weighted by Gasteiger charge is -2.21. The first-order valence-corrected chi connectivity index (χ1v) is 9.68. The van der Waals surface area contributed by atoms with Gasteiger partial charge in [0.1, 0.15) is 18.1 Å². The van der Waals surface area contributed by atoms with Gasteiger partial charge in [0, 0.05) is 18.7 Å². The molecule has 0 aliphatic rings. The minimum atomic E-state index is -1.20. The lowest BCUT2D eigenvalue weighted by Crippen LogP contribution is -2.20. The normalized spacial score (nSPS) is 12.1. The van der Waals surface area contributed by atoms with E-state index >= 15 is 0 Å². The van der Waals surface area contributed by atoms with Gasteiger partial charge >= 0.3 is 5.97 Å². The first-order chi connectivity index (χ1) is 15.1. The minimum absolute atomic E-state index is 0.00657. The third-order valence-corrected chi connectivity index (χ3v) is 5.11. The van der Waals surface area contributed by atoms with E-state index in [4.69, 9.17) is 15.2 Å². The van der Waals surface area contributed by atoms with Crippen molar-refractivity contribution in [2.24, 2.45) is 7.05 Å². The summed E-state index contributed by atoms with van der Waals surface area (Å²) in [6, 6.07) is 3.32. The number of anilines is 1. The Labute approximate surface area is 184 Å². The number of benzene rings is 1. The van der Waals surface area contributed by atoms with Gasteiger partial charge in [0.15, 0.2) is 5.82 Å². The van der Waals surface area contributed by atoms with Crippen LogP contribution in [0.4, 0.5) is 10.2 Å². The highest BCUT2D eigenvalue weighted by Crippen LogP contribution is 2.37. The molecule has 10 nitrogen and oxygen atoms in total. The second kappa shape index (κ2) is 9.18. The molecule has 0 radical (unpaired) electrons. The van der Waals surface area contributed by atoms with E-state index in [0.29, 0.717) is 17.1 Å². The summed E-state index contributed by atoms with van der Waals surface area (Å²) in [5, 5.41) is 13.7. The van der Waals surface area contributed by atoms with Crippen LogP contribution in [0.3, 0.4) is 0 Å². The van der Waals surface area contributed by atoms with Crippen LogP contribution in [-0.2, 0) is 13.7 Å². The van der Waals surface area contributed by atoms with E-state index in [1.807, 2.05) is 25.9 Å². The number of hydrogen-bond acceptors (Lipinski definition) is 8. The van der Waals surface area contributed by atoms with Gasteiger partial charge in [-0.2, -0.15) is 0 Å². The number of carboxylic acid groups (broad SMARTS) is 1. The number of rotatable bonds is 8. The molecule has 32 heavy (non-hydrogen) atoms. The maximum absolute atomic E-state index is 13.6. The molecule has 2 aromatic heterocycles. The molecule has 0 fully saturated rings. The molecule has 0 aliphatic carbocycles. The Bertz CT molecular complexity index is 1150. The molecule has 3 aromatic rings. The molecular weight excluding hydrogens is 419 g/mol. The molecule has 1 unspecified atom stereocenters. The molecule has 3 rings (SSSR count). The Morgan fingerprint density at radius 2 is 2.06 bits per heavy atom. The van der Waals surface area contributed by atoms with Crippen LogP contribution in [0.15, 0.2) is 24.4 Å². The Morgan fingerprint density at radius 1 is 1.34 bits per heavy atom. The highest BCUT2D eigenvalue weighted by Gasteiger charge is 2.26. The number of aromatic nitrogens is 4. The predicted molar refractivity (Wildman–Crippen MR) is 115 cm³/mol. The number of nitrogen functional groups attached to an aromatic ring is 1. The van der Waals surface area contributed by atoms with Crippen LogP contribution in [0.5, 0.6) is 11.8 Å². The first kappa shape index (κ1) is 22.9. The van der Waals surface area contributed by atoms with Crippen molar-refractivity contribution in [2.45, 2.75) is 19.6 Å². The van der Waals surface area contributed by atoms with Gasteiger partial charge in [-0.3, -0.25) is 4.68 Å². The van der Waals surface area contributed by atoms with Crippen molar-refractivity contribution in [3.05, 3.63) is 47.0 Å². The zero-order chi connectivity index (χ0) is 23.6. The molecule has 1 atom stereocenters. The van der Waals surface area contributed by atoms with Crippen molar-refractivity contribution >= 4 is 11.8 Å². The number of methoxy groups -OCH3 is 1. The Balaban J connectivity index is 2.01. The number of carboxylic acids is 1. The second-order valence-corrected chi connectivity index (χ2v) is 7.37. The van der Waals surface area contributed by atoms with E-state index in [-0.39, 0.29) is 35.5 Å². The number of nitrogens with two attached hydrogens (primary N) is 1. The summed E-state index contributed by atoms with van der Waals surface area (Å²) in [6.45, 7) is 1.76. The lowest BCUT2D eigenvalue weighted by molar-refractivity contribution is 0.0693. The fourth-order valence-corrected chi connectivity index (χ4v) is 3.26. The first-order valence-electron chi connectivity index (χ1n) is 9.68. The summed E-state index contributed by atoms with van der Waals surface area (Å²) in [4.78, 5) is 22.1. The predicted octanol–water partition coefficient (Wildman–Crippen LogP) is 2.51. The van der Waals surface area contributed by atoms with Crippen molar-refractivity contribution < 1.29 is 23.8 Å². The van der Waals surface area contributed by atoms with Crippen molar-refractivity contribution in [1.29, 1.82) is 0 Å². The molecule has 0 amide bonds. The molecule has 0 aliphatic heterocycles. The molecule has 2 heterocycles. The molecule has 11 heteroatoms. The Kier molecular flexibility index (Phi) is 6.58. The van der Waals surface area contributed by atoms with Gasteiger partial charge in [0.25, 0.3) is 5.88 Å². The fraction of sp³-hybridized carbons (Fsp3) is 0.333. The van der Waals surface area contributed by atoms with Crippen molar-refractivity contribution in [3.63, 3.8) is 0 Å². The van der Waals surface area contributed by atoms with E-state index in [0.717, 1.165) is 17.8 Å². The third-order valence-electron chi connectivity index (χ3n) is 5.11. The monoisotopic (exact) mass is 444 g/mol.